The summed E-state index contributed by atoms with van der Waals surface area (Å²) in [5.41, 5.74) is 2.74. The van der Waals surface area contributed by atoms with Crippen molar-refractivity contribution in [3.8, 4) is 5.75 Å². The molecule has 0 fully saturated rings. The summed E-state index contributed by atoms with van der Waals surface area (Å²) in [6.07, 6.45) is 0.801. The Bertz CT molecular complexity index is 688. The molecular weight excluding hydrogens is 288 g/mol. The number of carbonyl (C=O) groups is 1. The Kier molecular flexibility index (Phi) is 4.04. The minimum Gasteiger partial charge on any atom is -0.435 e. The van der Waals surface area contributed by atoms with Crippen molar-refractivity contribution in [2.45, 2.75) is 19.6 Å². The summed E-state index contributed by atoms with van der Waals surface area (Å²) >= 11 is 0. The monoisotopic (exact) mass is 303 g/mol. The standard InChI is InChI=1S/C17H15F2NO2/c18-17(19)22-15-7-3-6-13(10-15)16(21)20-9-8-12-4-1-2-5-14(12)11-20/h1-7,10,17H,8-9,11H2. The molecule has 0 aliphatic carbocycles. The summed E-state index contributed by atoms with van der Waals surface area (Å²) in [4.78, 5) is 14.3. The number of ether oxygens (including phenoxy) is 1. The predicted molar refractivity (Wildman–Crippen MR) is 78.0 cm³/mol. The lowest BCUT2D eigenvalue weighted by atomic mass is 9.99. The third-order valence-electron chi connectivity index (χ3n) is 3.72. The van der Waals surface area contributed by atoms with Crippen LogP contribution in [-0.2, 0) is 13.0 Å². The number of halogens is 2. The van der Waals surface area contributed by atoms with Gasteiger partial charge in [0.1, 0.15) is 5.75 Å². The van der Waals surface area contributed by atoms with Gasteiger partial charge in [0, 0.05) is 18.7 Å². The molecule has 3 rings (SSSR count). The minimum atomic E-state index is -2.90. The molecule has 1 aliphatic heterocycles. The fourth-order valence-electron chi connectivity index (χ4n) is 2.66. The van der Waals surface area contributed by atoms with Crippen molar-refractivity contribution >= 4 is 5.91 Å². The van der Waals surface area contributed by atoms with Gasteiger partial charge in [-0.2, -0.15) is 8.78 Å². The number of benzene rings is 2. The third kappa shape index (κ3) is 3.08. The molecule has 1 heterocycles. The number of carbonyl (C=O) groups excluding carboxylic acids is 1. The van der Waals surface area contributed by atoms with Crippen LogP contribution in [0, 0.1) is 0 Å². The van der Waals surface area contributed by atoms with Crippen LogP contribution in [-0.4, -0.2) is 24.0 Å². The van der Waals surface area contributed by atoms with E-state index in [2.05, 4.69) is 10.8 Å². The predicted octanol–water partition coefficient (Wildman–Crippen LogP) is 3.49. The van der Waals surface area contributed by atoms with Crippen molar-refractivity contribution in [3.05, 3.63) is 65.2 Å². The molecule has 1 amide bonds. The Labute approximate surface area is 127 Å². The average molecular weight is 303 g/mol. The Hall–Kier alpha value is -2.43. The van der Waals surface area contributed by atoms with Crippen LogP contribution in [0.5, 0.6) is 5.75 Å². The molecule has 1 aliphatic rings. The maximum absolute atomic E-state index is 12.5. The highest BCUT2D eigenvalue weighted by Gasteiger charge is 2.21. The number of fused-ring (bicyclic) bond motifs is 1. The smallest absolute Gasteiger partial charge is 0.387 e. The Morgan fingerprint density at radius 1 is 1.09 bits per heavy atom. The second-order valence-electron chi connectivity index (χ2n) is 5.15. The van der Waals surface area contributed by atoms with Gasteiger partial charge < -0.3 is 9.64 Å². The highest BCUT2D eigenvalue weighted by molar-refractivity contribution is 5.94. The average Bonchev–Trinajstić information content (AvgIpc) is 2.53. The van der Waals surface area contributed by atoms with E-state index >= 15 is 0 Å². The van der Waals surface area contributed by atoms with Crippen LogP contribution in [0.3, 0.4) is 0 Å². The van der Waals surface area contributed by atoms with Crippen molar-refractivity contribution in [1.29, 1.82) is 0 Å². The van der Waals surface area contributed by atoms with E-state index in [1.807, 2.05) is 18.2 Å². The van der Waals surface area contributed by atoms with Crippen LogP contribution in [0.4, 0.5) is 8.78 Å². The zero-order chi connectivity index (χ0) is 15.5. The van der Waals surface area contributed by atoms with Gasteiger partial charge >= 0.3 is 6.61 Å². The van der Waals surface area contributed by atoms with Crippen molar-refractivity contribution in [3.63, 3.8) is 0 Å². The maximum atomic E-state index is 12.5. The maximum Gasteiger partial charge on any atom is 0.387 e. The van der Waals surface area contributed by atoms with Crippen LogP contribution in [0.1, 0.15) is 21.5 Å². The number of rotatable bonds is 3. The molecule has 114 valence electrons. The van der Waals surface area contributed by atoms with E-state index in [0.717, 1.165) is 12.0 Å². The molecular formula is C17H15F2NO2. The molecule has 0 spiro atoms. The van der Waals surface area contributed by atoms with Gasteiger partial charge in [-0.05, 0) is 35.7 Å². The fraction of sp³-hybridized carbons (Fsp3) is 0.235. The van der Waals surface area contributed by atoms with Crippen molar-refractivity contribution < 1.29 is 18.3 Å². The topological polar surface area (TPSA) is 29.5 Å². The van der Waals surface area contributed by atoms with Gasteiger partial charge in [-0.1, -0.05) is 30.3 Å². The van der Waals surface area contributed by atoms with Crippen LogP contribution >= 0.6 is 0 Å². The van der Waals surface area contributed by atoms with E-state index < -0.39 is 6.61 Å². The molecule has 0 N–H and O–H groups in total. The molecule has 22 heavy (non-hydrogen) atoms. The molecule has 5 heteroatoms. The first-order chi connectivity index (χ1) is 10.6. The largest absolute Gasteiger partial charge is 0.435 e. The van der Waals surface area contributed by atoms with Crippen LogP contribution in [0.15, 0.2) is 48.5 Å². The van der Waals surface area contributed by atoms with Gasteiger partial charge in [0.15, 0.2) is 0 Å². The number of hydrogen-bond donors (Lipinski definition) is 0. The first-order valence-electron chi connectivity index (χ1n) is 7.04. The summed E-state index contributed by atoms with van der Waals surface area (Å²) in [7, 11) is 0. The van der Waals surface area contributed by atoms with Gasteiger partial charge in [-0.25, -0.2) is 0 Å². The Balaban J connectivity index is 1.77. The van der Waals surface area contributed by atoms with Crippen molar-refractivity contribution in [2.75, 3.05) is 6.54 Å². The highest BCUT2D eigenvalue weighted by Crippen LogP contribution is 2.22. The van der Waals surface area contributed by atoms with E-state index in [-0.39, 0.29) is 11.7 Å². The molecule has 0 saturated carbocycles. The zero-order valence-electron chi connectivity index (χ0n) is 11.8. The molecule has 2 aromatic rings. The summed E-state index contributed by atoms with van der Waals surface area (Å²) in [6, 6.07) is 13.9. The first kappa shape index (κ1) is 14.5. The lowest BCUT2D eigenvalue weighted by Gasteiger charge is -2.29. The van der Waals surface area contributed by atoms with Crippen LogP contribution in [0.25, 0.3) is 0 Å². The van der Waals surface area contributed by atoms with E-state index in [1.165, 1.54) is 17.7 Å². The number of amides is 1. The summed E-state index contributed by atoms with van der Waals surface area (Å²) < 4.78 is 28.9. The van der Waals surface area contributed by atoms with E-state index in [1.54, 1.807) is 17.0 Å². The van der Waals surface area contributed by atoms with Gasteiger partial charge in [0.05, 0.1) is 0 Å². The second kappa shape index (κ2) is 6.13. The van der Waals surface area contributed by atoms with Gasteiger partial charge in [0.25, 0.3) is 5.91 Å². The fourth-order valence-corrected chi connectivity index (χ4v) is 2.66. The quantitative estimate of drug-likeness (QED) is 0.868. The second-order valence-corrected chi connectivity index (χ2v) is 5.15. The summed E-state index contributed by atoms with van der Waals surface area (Å²) in [5, 5.41) is 0. The lowest BCUT2D eigenvalue weighted by Crippen LogP contribution is -2.35. The molecule has 0 bridgehead atoms. The van der Waals surface area contributed by atoms with Gasteiger partial charge in [-0.15, -0.1) is 0 Å². The zero-order valence-corrected chi connectivity index (χ0v) is 11.8. The Morgan fingerprint density at radius 3 is 2.64 bits per heavy atom. The molecule has 0 unspecified atom stereocenters. The lowest BCUT2D eigenvalue weighted by molar-refractivity contribution is -0.0499. The molecule has 0 aromatic heterocycles. The van der Waals surface area contributed by atoms with E-state index in [4.69, 9.17) is 0 Å². The summed E-state index contributed by atoms with van der Waals surface area (Å²) in [6.45, 7) is -1.74. The Morgan fingerprint density at radius 2 is 1.86 bits per heavy atom. The van der Waals surface area contributed by atoms with E-state index in [9.17, 15) is 13.6 Å². The van der Waals surface area contributed by atoms with Crippen molar-refractivity contribution in [2.24, 2.45) is 0 Å². The van der Waals surface area contributed by atoms with Gasteiger partial charge in [-0.3, -0.25) is 4.79 Å². The van der Waals surface area contributed by atoms with Crippen LogP contribution < -0.4 is 4.74 Å². The highest BCUT2D eigenvalue weighted by atomic mass is 19.3. The first-order valence-corrected chi connectivity index (χ1v) is 7.04. The molecule has 0 atom stereocenters. The molecule has 2 aromatic carbocycles. The third-order valence-corrected chi connectivity index (χ3v) is 3.72. The summed E-state index contributed by atoms with van der Waals surface area (Å²) in [5.74, 6) is -0.174. The SMILES string of the molecule is O=C(c1cccc(OC(F)F)c1)N1CCc2ccccc2C1. The minimum absolute atomic E-state index is 0.00161. The van der Waals surface area contributed by atoms with E-state index in [0.29, 0.717) is 18.7 Å². The normalized spacial score (nSPS) is 13.9. The molecule has 0 saturated heterocycles. The molecule has 0 radical (unpaired) electrons. The van der Waals surface area contributed by atoms with Crippen molar-refractivity contribution in [1.82, 2.24) is 4.90 Å². The van der Waals surface area contributed by atoms with Gasteiger partial charge in [0.2, 0.25) is 0 Å². The van der Waals surface area contributed by atoms with Crippen LogP contribution in [0.2, 0.25) is 0 Å². The number of nitrogens with zero attached hydrogens (tertiary/aromatic N) is 1. The number of alkyl halides is 2. The molecule has 3 nitrogen and oxygen atoms in total. The number of hydrogen-bond acceptors (Lipinski definition) is 2.